The third kappa shape index (κ3) is 2.91. The maximum absolute atomic E-state index is 11.4. The molecule has 4 nitrogen and oxygen atoms in total. The van der Waals surface area contributed by atoms with E-state index in [2.05, 4.69) is 10.6 Å². The molecule has 2 N–H and O–H groups in total. The van der Waals surface area contributed by atoms with Gasteiger partial charge in [-0.05, 0) is 50.2 Å². The first-order chi connectivity index (χ1) is 8.52. The lowest BCUT2D eigenvalue weighted by molar-refractivity contribution is 0.410. The second-order valence-corrected chi connectivity index (χ2v) is 6.88. The summed E-state index contributed by atoms with van der Waals surface area (Å²) in [6, 6.07) is 7.49. The minimum absolute atomic E-state index is 0.286. The standard InChI is InChI=1S/C13H20N2O2S/c1-14-13(11-7-8-15-9-11)10-3-5-12(6-4-10)18(2,16)17/h3-6,11,13-15H,7-9H2,1-2H3. The van der Waals surface area contributed by atoms with Crippen LogP contribution in [0.4, 0.5) is 0 Å². The first-order valence-electron chi connectivity index (χ1n) is 6.20. The van der Waals surface area contributed by atoms with Crippen molar-refractivity contribution in [3.63, 3.8) is 0 Å². The van der Waals surface area contributed by atoms with Crippen LogP contribution in [0.5, 0.6) is 0 Å². The molecule has 0 radical (unpaired) electrons. The van der Waals surface area contributed by atoms with Gasteiger partial charge in [-0.1, -0.05) is 12.1 Å². The van der Waals surface area contributed by atoms with Crippen molar-refractivity contribution in [1.82, 2.24) is 10.6 Å². The molecule has 2 rings (SSSR count). The van der Waals surface area contributed by atoms with Gasteiger partial charge >= 0.3 is 0 Å². The molecule has 0 amide bonds. The highest BCUT2D eigenvalue weighted by Gasteiger charge is 2.24. The summed E-state index contributed by atoms with van der Waals surface area (Å²) >= 11 is 0. The van der Waals surface area contributed by atoms with E-state index in [-0.39, 0.29) is 6.04 Å². The van der Waals surface area contributed by atoms with E-state index < -0.39 is 9.84 Å². The van der Waals surface area contributed by atoms with Crippen LogP contribution in [0.1, 0.15) is 18.0 Å². The molecule has 2 unspecified atom stereocenters. The highest BCUT2D eigenvalue weighted by atomic mass is 32.2. The number of hydrogen-bond acceptors (Lipinski definition) is 4. The fourth-order valence-corrected chi connectivity index (χ4v) is 3.19. The molecular weight excluding hydrogens is 248 g/mol. The van der Waals surface area contributed by atoms with Crippen molar-refractivity contribution in [3.05, 3.63) is 29.8 Å². The molecule has 2 atom stereocenters. The van der Waals surface area contributed by atoms with E-state index >= 15 is 0 Å². The van der Waals surface area contributed by atoms with Gasteiger partial charge in [-0.25, -0.2) is 8.42 Å². The van der Waals surface area contributed by atoms with E-state index in [0.29, 0.717) is 10.8 Å². The summed E-state index contributed by atoms with van der Waals surface area (Å²) in [5.74, 6) is 0.569. The predicted molar refractivity (Wildman–Crippen MR) is 72.3 cm³/mol. The molecule has 1 heterocycles. The summed E-state index contributed by atoms with van der Waals surface area (Å²) < 4.78 is 22.8. The molecule has 1 aliphatic rings. The van der Waals surface area contributed by atoms with Crippen molar-refractivity contribution >= 4 is 9.84 Å². The Kier molecular flexibility index (Phi) is 4.04. The zero-order valence-electron chi connectivity index (χ0n) is 10.8. The summed E-state index contributed by atoms with van der Waals surface area (Å²) in [5, 5.41) is 6.69. The molecule has 5 heteroatoms. The lowest BCUT2D eigenvalue weighted by Crippen LogP contribution is -2.26. The third-order valence-corrected chi connectivity index (χ3v) is 4.68. The van der Waals surface area contributed by atoms with Gasteiger partial charge < -0.3 is 10.6 Å². The smallest absolute Gasteiger partial charge is 0.175 e. The molecule has 1 aromatic rings. The molecule has 100 valence electrons. The van der Waals surface area contributed by atoms with Crippen LogP contribution in [-0.4, -0.2) is 34.8 Å². The van der Waals surface area contributed by atoms with Crippen LogP contribution in [0.15, 0.2) is 29.2 Å². The van der Waals surface area contributed by atoms with Crippen LogP contribution in [0.25, 0.3) is 0 Å². The molecule has 0 spiro atoms. The largest absolute Gasteiger partial charge is 0.316 e. The average Bonchev–Trinajstić information content (AvgIpc) is 2.83. The third-order valence-electron chi connectivity index (χ3n) is 3.55. The monoisotopic (exact) mass is 268 g/mol. The van der Waals surface area contributed by atoms with E-state index in [4.69, 9.17) is 0 Å². The van der Waals surface area contributed by atoms with Gasteiger partial charge in [0.1, 0.15) is 0 Å². The van der Waals surface area contributed by atoms with Gasteiger partial charge in [-0.3, -0.25) is 0 Å². The summed E-state index contributed by atoms with van der Waals surface area (Å²) in [6.07, 6.45) is 2.39. The minimum Gasteiger partial charge on any atom is -0.316 e. The van der Waals surface area contributed by atoms with Gasteiger partial charge in [0.15, 0.2) is 9.84 Å². The molecule has 0 bridgehead atoms. The van der Waals surface area contributed by atoms with Crippen molar-refractivity contribution in [3.8, 4) is 0 Å². The van der Waals surface area contributed by atoms with Crippen molar-refractivity contribution in [2.75, 3.05) is 26.4 Å². The van der Waals surface area contributed by atoms with Gasteiger partial charge in [0.2, 0.25) is 0 Å². The van der Waals surface area contributed by atoms with Crippen molar-refractivity contribution < 1.29 is 8.42 Å². The molecule has 0 aromatic heterocycles. The predicted octanol–water partition coefficient (Wildman–Crippen LogP) is 0.960. The molecule has 1 aromatic carbocycles. The number of nitrogens with one attached hydrogen (secondary N) is 2. The molecule has 0 aliphatic carbocycles. The molecule has 1 saturated heterocycles. The van der Waals surface area contributed by atoms with Gasteiger partial charge in [0.25, 0.3) is 0 Å². The van der Waals surface area contributed by atoms with Crippen LogP contribution >= 0.6 is 0 Å². The van der Waals surface area contributed by atoms with E-state index in [0.717, 1.165) is 25.1 Å². The van der Waals surface area contributed by atoms with E-state index in [1.807, 2.05) is 19.2 Å². The zero-order valence-corrected chi connectivity index (χ0v) is 11.6. The van der Waals surface area contributed by atoms with Crippen LogP contribution < -0.4 is 10.6 Å². The summed E-state index contributed by atoms with van der Waals surface area (Å²) in [7, 11) is -1.15. The summed E-state index contributed by atoms with van der Waals surface area (Å²) in [4.78, 5) is 0.380. The normalized spacial score (nSPS) is 22.0. The van der Waals surface area contributed by atoms with Crippen LogP contribution in [0, 0.1) is 5.92 Å². The van der Waals surface area contributed by atoms with Crippen LogP contribution in [0.2, 0.25) is 0 Å². The SMILES string of the molecule is CNC(c1ccc(S(C)(=O)=O)cc1)C1CCNC1. The molecular formula is C13H20N2O2S. The van der Waals surface area contributed by atoms with E-state index in [9.17, 15) is 8.42 Å². The van der Waals surface area contributed by atoms with Crippen molar-refractivity contribution in [2.45, 2.75) is 17.4 Å². The first kappa shape index (κ1) is 13.5. The number of sulfone groups is 1. The fraction of sp³-hybridized carbons (Fsp3) is 0.538. The average molecular weight is 268 g/mol. The van der Waals surface area contributed by atoms with Crippen molar-refractivity contribution in [1.29, 1.82) is 0 Å². The Bertz CT molecular complexity index is 490. The Hall–Kier alpha value is -0.910. The van der Waals surface area contributed by atoms with Crippen LogP contribution in [0.3, 0.4) is 0 Å². The lowest BCUT2D eigenvalue weighted by Gasteiger charge is -2.23. The molecule has 18 heavy (non-hydrogen) atoms. The van der Waals surface area contributed by atoms with Crippen LogP contribution in [-0.2, 0) is 9.84 Å². The Balaban J connectivity index is 2.21. The second kappa shape index (κ2) is 5.38. The maximum Gasteiger partial charge on any atom is 0.175 e. The molecule has 1 fully saturated rings. The van der Waals surface area contributed by atoms with E-state index in [1.165, 1.54) is 6.26 Å². The zero-order chi connectivity index (χ0) is 13.2. The van der Waals surface area contributed by atoms with Gasteiger partial charge in [0.05, 0.1) is 4.90 Å². The number of benzene rings is 1. The topological polar surface area (TPSA) is 58.2 Å². The minimum atomic E-state index is -3.10. The maximum atomic E-state index is 11.4. The van der Waals surface area contributed by atoms with Gasteiger partial charge in [-0.2, -0.15) is 0 Å². The quantitative estimate of drug-likeness (QED) is 0.854. The fourth-order valence-electron chi connectivity index (χ4n) is 2.56. The Morgan fingerprint density at radius 1 is 1.33 bits per heavy atom. The molecule has 1 aliphatic heterocycles. The van der Waals surface area contributed by atoms with Gasteiger partial charge in [-0.15, -0.1) is 0 Å². The lowest BCUT2D eigenvalue weighted by atomic mass is 9.92. The van der Waals surface area contributed by atoms with Crippen molar-refractivity contribution in [2.24, 2.45) is 5.92 Å². The molecule has 0 saturated carbocycles. The Labute approximate surface area is 109 Å². The highest BCUT2D eigenvalue weighted by Crippen LogP contribution is 2.27. The first-order valence-corrected chi connectivity index (χ1v) is 8.09. The summed E-state index contributed by atoms with van der Waals surface area (Å²) in [5.41, 5.74) is 1.15. The number of rotatable bonds is 4. The number of hydrogen-bond donors (Lipinski definition) is 2. The highest BCUT2D eigenvalue weighted by molar-refractivity contribution is 7.90. The second-order valence-electron chi connectivity index (χ2n) is 4.86. The summed E-state index contributed by atoms with van der Waals surface area (Å²) in [6.45, 7) is 2.07. The Morgan fingerprint density at radius 3 is 2.44 bits per heavy atom. The van der Waals surface area contributed by atoms with Gasteiger partial charge in [0, 0.05) is 12.3 Å². The Morgan fingerprint density at radius 2 is 2.00 bits per heavy atom. The van der Waals surface area contributed by atoms with E-state index in [1.54, 1.807) is 12.1 Å².